The van der Waals surface area contributed by atoms with Crippen molar-refractivity contribution in [1.82, 2.24) is 4.57 Å². The summed E-state index contributed by atoms with van der Waals surface area (Å²) >= 11 is 6.04. The fourth-order valence-corrected chi connectivity index (χ4v) is 4.53. The van der Waals surface area contributed by atoms with Gasteiger partial charge in [-0.25, -0.2) is 4.79 Å². The van der Waals surface area contributed by atoms with Crippen LogP contribution in [-0.2, 0) is 14.3 Å². The Hall–Kier alpha value is -3.77. The van der Waals surface area contributed by atoms with Gasteiger partial charge in [-0.1, -0.05) is 11.6 Å². The van der Waals surface area contributed by atoms with Gasteiger partial charge in [-0.3, -0.25) is 9.69 Å². The molecule has 0 radical (unpaired) electrons. The topological polar surface area (TPSA) is 60.8 Å². The van der Waals surface area contributed by atoms with Crippen molar-refractivity contribution in [2.75, 3.05) is 18.6 Å². The monoisotopic (exact) mass is 490 g/mol. The quantitative estimate of drug-likeness (QED) is 0.313. The van der Waals surface area contributed by atoms with Gasteiger partial charge in [-0.2, -0.15) is 0 Å². The minimum atomic E-state index is -0.523. The van der Waals surface area contributed by atoms with Crippen molar-refractivity contribution in [2.45, 2.75) is 27.7 Å². The molecule has 2 heterocycles. The van der Waals surface area contributed by atoms with E-state index < -0.39 is 5.97 Å². The normalized spacial score (nSPS) is 14.7. The molecule has 1 aromatic heterocycles. The SMILES string of the molecule is CCOC(=O)C1=C(C)N(c2ccc(Cl)cc2)C(=O)/C1=C/c1cc(C)n(-c2ccc(OC)cc2)c1C. The largest absolute Gasteiger partial charge is 0.497 e. The Morgan fingerprint density at radius 1 is 1.00 bits per heavy atom. The molecule has 7 heteroatoms. The highest BCUT2D eigenvalue weighted by Crippen LogP contribution is 2.36. The summed E-state index contributed by atoms with van der Waals surface area (Å²) in [5, 5.41) is 0.564. The number of benzene rings is 2. The lowest BCUT2D eigenvalue weighted by Crippen LogP contribution is -2.24. The molecule has 0 bridgehead atoms. The van der Waals surface area contributed by atoms with Crippen molar-refractivity contribution in [1.29, 1.82) is 0 Å². The number of halogens is 1. The van der Waals surface area contributed by atoms with E-state index in [0.29, 0.717) is 22.0 Å². The van der Waals surface area contributed by atoms with Crippen molar-refractivity contribution in [3.05, 3.63) is 93.4 Å². The van der Waals surface area contributed by atoms with Crippen LogP contribution in [0.2, 0.25) is 5.02 Å². The van der Waals surface area contributed by atoms with Crippen LogP contribution in [-0.4, -0.2) is 30.2 Å². The molecule has 2 aromatic carbocycles. The second kappa shape index (κ2) is 9.84. The molecule has 1 amide bonds. The summed E-state index contributed by atoms with van der Waals surface area (Å²) in [7, 11) is 1.63. The van der Waals surface area contributed by atoms with Crippen molar-refractivity contribution < 1.29 is 19.1 Å². The number of hydrogen-bond donors (Lipinski definition) is 0. The zero-order valence-corrected chi connectivity index (χ0v) is 21.1. The van der Waals surface area contributed by atoms with Crippen molar-refractivity contribution >= 4 is 35.2 Å². The molecule has 0 saturated carbocycles. The maximum Gasteiger partial charge on any atom is 0.340 e. The van der Waals surface area contributed by atoms with Crippen molar-refractivity contribution in [3.8, 4) is 11.4 Å². The predicted octanol–water partition coefficient (Wildman–Crippen LogP) is 6.02. The van der Waals surface area contributed by atoms with Gasteiger partial charge in [0, 0.05) is 33.5 Å². The number of carbonyl (C=O) groups is 2. The molecule has 0 aliphatic carbocycles. The smallest absolute Gasteiger partial charge is 0.340 e. The molecule has 0 N–H and O–H groups in total. The highest BCUT2D eigenvalue weighted by Gasteiger charge is 2.38. The van der Waals surface area contributed by atoms with Gasteiger partial charge in [-0.15, -0.1) is 0 Å². The molecule has 0 unspecified atom stereocenters. The number of carbonyl (C=O) groups excluding carboxylic acids is 2. The molecule has 1 aliphatic heterocycles. The number of anilines is 1. The summed E-state index contributed by atoms with van der Waals surface area (Å²) in [6.45, 7) is 7.70. The molecule has 3 aromatic rings. The third-order valence-corrected chi connectivity index (χ3v) is 6.32. The summed E-state index contributed by atoms with van der Waals surface area (Å²) in [6, 6.07) is 16.7. The van der Waals surface area contributed by atoms with Gasteiger partial charge < -0.3 is 14.0 Å². The minimum absolute atomic E-state index is 0.212. The third-order valence-electron chi connectivity index (χ3n) is 6.07. The standard InChI is InChI=1S/C28H27ClN2O4/c1-6-35-28(33)26-19(4)31(23-9-7-21(29)8-10-23)27(32)25(26)16-20-15-17(2)30(18(20)3)22-11-13-24(34-5)14-12-22/h7-16H,6H2,1-5H3/b25-16+. The Bertz CT molecular complexity index is 1350. The van der Waals surface area contributed by atoms with E-state index in [1.807, 2.05) is 44.2 Å². The van der Waals surface area contributed by atoms with Gasteiger partial charge in [0.05, 0.1) is 24.9 Å². The lowest BCUT2D eigenvalue weighted by Gasteiger charge is -2.18. The zero-order chi connectivity index (χ0) is 25.3. The van der Waals surface area contributed by atoms with Crippen LogP contribution in [0, 0.1) is 13.8 Å². The van der Waals surface area contributed by atoms with Crippen LogP contribution < -0.4 is 9.64 Å². The van der Waals surface area contributed by atoms with E-state index in [4.69, 9.17) is 21.1 Å². The number of aromatic nitrogens is 1. The molecular formula is C28H27ClN2O4. The van der Waals surface area contributed by atoms with E-state index in [0.717, 1.165) is 28.4 Å². The molecule has 6 nitrogen and oxygen atoms in total. The Labute approximate surface area is 210 Å². The number of rotatable bonds is 6. The number of nitrogens with zero attached hydrogens (tertiary/aromatic N) is 2. The molecule has 0 saturated heterocycles. The van der Waals surface area contributed by atoms with E-state index in [-0.39, 0.29) is 18.1 Å². The molecule has 0 fully saturated rings. The molecule has 35 heavy (non-hydrogen) atoms. The first-order chi connectivity index (χ1) is 16.8. The van der Waals surface area contributed by atoms with E-state index in [1.54, 1.807) is 51.3 Å². The number of hydrogen-bond acceptors (Lipinski definition) is 4. The van der Waals surface area contributed by atoms with Gasteiger partial charge in [0.15, 0.2) is 0 Å². The van der Waals surface area contributed by atoms with E-state index in [2.05, 4.69) is 4.57 Å². The van der Waals surface area contributed by atoms with Crippen LogP contribution in [0.4, 0.5) is 5.69 Å². The molecular weight excluding hydrogens is 464 g/mol. The van der Waals surface area contributed by atoms with Gasteiger partial charge in [0.2, 0.25) is 0 Å². The minimum Gasteiger partial charge on any atom is -0.497 e. The second-order valence-electron chi connectivity index (χ2n) is 8.22. The van der Waals surface area contributed by atoms with E-state index in [1.165, 1.54) is 4.90 Å². The molecule has 1 aliphatic rings. The number of amides is 1. The number of allylic oxidation sites excluding steroid dienone is 1. The Morgan fingerprint density at radius 2 is 1.63 bits per heavy atom. The zero-order valence-electron chi connectivity index (χ0n) is 20.4. The van der Waals surface area contributed by atoms with Crippen LogP contribution in [0.5, 0.6) is 5.75 Å². The maximum atomic E-state index is 13.6. The van der Waals surface area contributed by atoms with Crippen LogP contribution in [0.1, 0.15) is 30.8 Å². The highest BCUT2D eigenvalue weighted by molar-refractivity contribution is 6.30. The van der Waals surface area contributed by atoms with Gasteiger partial charge in [0.1, 0.15) is 5.75 Å². The van der Waals surface area contributed by atoms with Gasteiger partial charge in [0.25, 0.3) is 5.91 Å². The maximum absolute atomic E-state index is 13.6. The van der Waals surface area contributed by atoms with Crippen LogP contribution in [0.3, 0.4) is 0 Å². The Morgan fingerprint density at radius 3 is 2.23 bits per heavy atom. The Kier molecular flexibility index (Phi) is 6.85. The average molecular weight is 491 g/mol. The lowest BCUT2D eigenvalue weighted by atomic mass is 10.0. The predicted molar refractivity (Wildman–Crippen MR) is 138 cm³/mol. The first-order valence-corrected chi connectivity index (χ1v) is 11.7. The molecule has 180 valence electrons. The average Bonchev–Trinajstić information content (AvgIpc) is 3.26. The number of aryl methyl sites for hydroxylation is 1. The summed E-state index contributed by atoms with van der Waals surface area (Å²) in [6.07, 6.45) is 1.77. The molecule has 4 rings (SSSR count). The summed E-state index contributed by atoms with van der Waals surface area (Å²) in [5.41, 5.74) is 5.47. The van der Waals surface area contributed by atoms with Crippen LogP contribution in [0.25, 0.3) is 11.8 Å². The summed E-state index contributed by atoms with van der Waals surface area (Å²) in [4.78, 5) is 28.1. The second-order valence-corrected chi connectivity index (χ2v) is 8.65. The first kappa shape index (κ1) is 24.4. The van der Waals surface area contributed by atoms with Crippen LogP contribution in [0.15, 0.2) is 71.4 Å². The van der Waals surface area contributed by atoms with Gasteiger partial charge in [-0.05, 0) is 93.9 Å². The number of ether oxygens (including phenoxy) is 2. The third kappa shape index (κ3) is 4.49. The van der Waals surface area contributed by atoms with Crippen LogP contribution >= 0.6 is 11.6 Å². The van der Waals surface area contributed by atoms with Gasteiger partial charge >= 0.3 is 5.97 Å². The summed E-state index contributed by atoms with van der Waals surface area (Å²) < 4.78 is 12.7. The van der Waals surface area contributed by atoms with Crippen molar-refractivity contribution in [3.63, 3.8) is 0 Å². The number of methoxy groups -OCH3 is 1. The molecule has 0 atom stereocenters. The molecule has 0 spiro atoms. The lowest BCUT2D eigenvalue weighted by molar-refractivity contribution is -0.138. The fourth-order valence-electron chi connectivity index (χ4n) is 4.40. The number of esters is 1. The first-order valence-electron chi connectivity index (χ1n) is 11.3. The van der Waals surface area contributed by atoms with E-state index >= 15 is 0 Å². The van der Waals surface area contributed by atoms with Crippen molar-refractivity contribution in [2.24, 2.45) is 0 Å². The highest BCUT2D eigenvalue weighted by atomic mass is 35.5. The Balaban J connectivity index is 1.82. The fraction of sp³-hybridized carbons (Fsp3) is 0.214. The van der Waals surface area contributed by atoms with E-state index in [9.17, 15) is 9.59 Å². The summed E-state index contributed by atoms with van der Waals surface area (Å²) in [5.74, 6) is -0.0377.